The van der Waals surface area contributed by atoms with Gasteiger partial charge in [0.25, 0.3) is 11.8 Å². The highest BCUT2D eigenvalue weighted by atomic mass is 16.6. The van der Waals surface area contributed by atoms with Crippen LogP contribution in [0.5, 0.6) is 23.0 Å². The summed E-state index contributed by atoms with van der Waals surface area (Å²) in [5, 5.41) is 17.0. The van der Waals surface area contributed by atoms with Crippen molar-refractivity contribution < 1.29 is 62.4 Å². The molecule has 0 radical (unpaired) electrons. The number of nitrogens with one attached hydrogen (secondary N) is 3. The number of aliphatic imine (C=N–C) groups is 1. The third-order valence-electron chi connectivity index (χ3n) is 15.3. The van der Waals surface area contributed by atoms with Crippen LogP contribution in [0.15, 0.2) is 126 Å². The number of hydrogen-bond acceptors (Lipinski definition) is 13. The molecule has 0 bridgehead atoms. The monoisotopic (exact) mass is 1140 g/mol. The summed E-state index contributed by atoms with van der Waals surface area (Å²) in [6.45, 7) is 5.22. The number of nitrogens with zero attached hydrogens (tertiary/aromatic N) is 4. The molecule has 84 heavy (non-hydrogen) atoms. The second kappa shape index (κ2) is 25.2. The normalized spacial score (nSPS) is 16.1. The summed E-state index contributed by atoms with van der Waals surface area (Å²) in [5.74, 6) is -1.80. The standard InChI is InChI=1S/C64H65N7O13/c1-37(2)59(68-57(72)19-10-11-20-58(73)74)61(76)66-38(3)60(75)67-44-23-21-39(22-24-44)34-84-64(79)69-33-46-27-43-16-7-9-18-51(43)71(46)63(78)48-29-54(81-5)56(31-52(48)69)83-36-41-14-12-13-40(25-41)35-82-55-30-49-47(28-53(55)80-4)62(77)70-45(32-65-49)26-42-15-6-8-17-50(42)70/h6-9,12-18,21-25,28-32,37-38,45-46,59H,10-11,19-20,26-27,33-36H2,1-5H3,(H,66,76)(H,67,75)(H,68,72)(H,73,74)/t38-,45?,46+,59-/m1/s1. The van der Waals surface area contributed by atoms with E-state index in [1.54, 1.807) is 72.2 Å². The molecule has 4 atom stereocenters. The molecule has 0 fully saturated rings. The van der Waals surface area contributed by atoms with Gasteiger partial charge in [0, 0.05) is 54.7 Å². The van der Waals surface area contributed by atoms with Crippen LogP contribution >= 0.6 is 0 Å². The second-order valence-corrected chi connectivity index (χ2v) is 21.4. The number of carbonyl (C=O) groups is 7. The SMILES string of the molecule is COc1cc2c(cc1OCc1cccc(COc3cc4c(cc3OC)C(=O)N3c5ccccc5C[C@H]3CN4C(=O)OCc3ccc(NC(=O)[C@@H](C)NC(=O)[C@H](NC(=O)CCCCC(=O)O)C(C)C)cc3)c1)N=CC1Cc3ccccc3N1C2=O. The molecule has 4 aliphatic rings. The Kier molecular flexibility index (Phi) is 17.2. The van der Waals surface area contributed by atoms with Gasteiger partial charge in [0.15, 0.2) is 23.0 Å². The van der Waals surface area contributed by atoms with E-state index in [0.717, 1.165) is 33.6 Å². The number of benzene rings is 6. The van der Waals surface area contributed by atoms with Gasteiger partial charge in [0.2, 0.25) is 17.7 Å². The Morgan fingerprint density at radius 2 is 1.25 bits per heavy atom. The molecule has 0 aromatic heterocycles. The number of hydrogen-bond donors (Lipinski definition) is 4. The molecule has 4 N–H and O–H groups in total. The first-order valence-corrected chi connectivity index (χ1v) is 27.9. The fourth-order valence-electron chi connectivity index (χ4n) is 10.9. The van der Waals surface area contributed by atoms with Crippen molar-refractivity contribution in [2.24, 2.45) is 10.9 Å². The van der Waals surface area contributed by atoms with E-state index in [0.29, 0.717) is 59.7 Å². The highest BCUT2D eigenvalue weighted by molar-refractivity contribution is 6.16. The third-order valence-corrected chi connectivity index (χ3v) is 15.3. The Hall–Kier alpha value is -9.72. The number of methoxy groups -OCH3 is 2. The maximum Gasteiger partial charge on any atom is 0.414 e. The number of aliphatic carboxylic acids is 1. The average molecular weight is 1140 g/mol. The molecular formula is C64H65N7O13. The Morgan fingerprint density at radius 1 is 0.631 bits per heavy atom. The van der Waals surface area contributed by atoms with E-state index in [2.05, 4.69) is 16.0 Å². The molecule has 4 heterocycles. The van der Waals surface area contributed by atoms with E-state index in [4.69, 9.17) is 33.8 Å². The molecule has 4 aliphatic heterocycles. The zero-order valence-electron chi connectivity index (χ0n) is 47.2. The lowest BCUT2D eigenvalue weighted by Gasteiger charge is -2.26. The predicted octanol–water partition coefficient (Wildman–Crippen LogP) is 9.11. The smallest absolute Gasteiger partial charge is 0.414 e. The predicted molar refractivity (Wildman–Crippen MR) is 314 cm³/mol. The van der Waals surface area contributed by atoms with E-state index < -0.39 is 42.0 Å². The quantitative estimate of drug-likeness (QED) is 0.0492. The molecule has 20 nitrogen and oxygen atoms in total. The van der Waals surface area contributed by atoms with Crippen LogP contribution in [-0.4, -0.2) is 97.9 Å². The second-order valence-electron chi connectivity index (χ2n) is 21.4. The van der Waals surface area contributed by atoms with E-state index in [-0.39, 0.29) is 91.6 Å². The van der Waals surface area contributed by atoms with Crippen molar-refractivity contribution in [3.8, 4) is 23.0 Å². The summed E-state index contributed by atoms with van der Waals surface area (Å²) in [6, 6.07) is 33.9. The van der Waals surface area contributed by atoms with E-state index >= 15 is 0 Å². The number of amides is 6. The number of anilines is 4. The van der Waals surface area contributed by atoms with Crippen molar-refractivity contribution >= 4 is 76.2 Å². The molecule has 1 unspecified atom stereocenters. The highest BCUT2D eigenvalue weighted by Crippen LogP contribution is 2.44. The molecule has 6 aromatic rings. The Bertz CT molecular complexity index is 3570. The van der Waals surface area contributed by atoms with Gasteiger partial charge in [-0.15, -0.1) is 0 Å². The first-order chi connectivity index (χ1) is 40.6. The average Bonchev–Trinajstić information content (AvgIpc) is 3.40. The molecule has 6 aromatic carbocycles. The van der Waals surface area contributed by atoms with E-state index in [1.165, 1.54) is 26.0 Å². The summed E-state index contributed by atoms with van der Waals surface area (Å²) in [6.07, 6.45) is 2.98. The first-order valence-electron chi connectivity index (χ1n) is 27.9. The number of rotatable bonds is 21. The van der Waals surface area contributed by atoms with Crippen molar-refractivity contribution in [2.75, 3.05) is 40.8 Å². The fraction of sp³-hybridized carbons (Fsp3) is 0.312. The van der Waals surface area contributed by atoms with Crippen LogP contribution in [0.2, 0.25) is 0 Å². The van der Waals surface area contributed by atoms with Gasteiger partial charge in [-0.3, -0.25) is 43.6 Å². The van der Waals surface area contributed by atoms with Crippen LogP contribution in [0.25, 0.3) is 0 Å². The van der Waals surface area contributed by atoms with Crippen LogP contribution in [0.1, 0.15) is 95.0 Å². The maximum atomic E-state index is 14.7. The molecule has 0 saturated carbocycles. The summed E-state index contributed by atoms with van der Waals surface area (Å²) in [4.78, 5) is 103. The fourth-order valence-corrected chi connectivity index (χ4v) is 10.9. The molecule has 0 aliphatic carbocycles. The number of carboxylic acids is 1. The highest BCUT2D eigenvalue weighted by Gasteiger charge is 2.43. The number of carboxylic acid groups (broad SMARTS) is 1. The van der Waals surface area contributed by atoms with Crippen molar-refractivity contribution in [1.29, 1.82) is 0 Å². The lowest BCUT2D eigenvalue weighted by molar-refractivity contribution is -0.137. The van der Waals surface area contributed by atoms with Crippen molar-refractivity contribution in [1.82, 2.24) is 10.6 Å². The minimum atomic E-state index is -0.977. The molecular weight excluding hydrogens is 1070 g/mol. The molecule has 434 valence electrons. The van der Waals surface area contributed by atoms with Crippen molar-refractivity contribution in [3.05, 3.63) is 160 Å². The maximum absolute atomic E-state index is 14.7. The van der Waals surface area contributed by atoms with Gasteiger partial charge >= 0.3 is 12.1 Å². The van der Waals surface area contributed by atoms with Gasteiger partial charge < -0.3 is 49.6 Å². The number of ether oxygens (including phenoxy) is 5. The Labute approximate surface area is 485 Å². The molecule has 0 saturated heterocycles. The minimum absolute atomic E-state index is 0.0529. The van der Waals surface area contributed by atoms with E-state index in [1.807, 2.05) is 79.0 Å². The van der Waals surface area contributed by atoms with Gasteiger partial charge in [0.05, 0.1) is 55.3 Å². The number of fused-ring (bicyclic) bond motifs is 8. The lowest BCUT2D eigenvalue weighted by atomic mass is 10.0. The van der Waals surface area contributed by atoms with Crippen LogP contribution in [-0.2, 0) is 56.6 Å². The van der Waals surface area contributed by atoms with Gasteiger partial charge in [-0.05, 0) is 102 Å². The van der Waals surface area contributed by atoms with Gasteiger partial charge in [-0.25, -0.2) is 4.79 Å². The van der Waals surface area contributed by atoms with Crippen molar-refractivity contribution in [2.45, 2.75) is 103 Å². The van der Waals surface area contributed by atoms with Gasteiger partial charge in [-0.2, -0.15) is 0 Å². The Balaban J connectivity index is 0.798. The molecule has 20 heteroatoms. The Morgan fingerprint density at radius 3 is 1.92 bits per heavy atom. The van der Waals surface area contributed by atoms with Crippen LogP contribution < -0.4 is 49.6 Å². The topological polar surface area (TPSA) is 244 Å². The molecule has 6 amide bonds. The van der Waals surface area contributed by atoms with Crippen LogP contribution in [0.4, 0.5) is 33.2 Å². The van der Waals surface area contributed by atoms with Crippen LogP contribution in [0.3, 0.4) is 0 Å². The first kappa shape index (κ1) is 57.5. The molecule has 10 rings (SSSR count). The molecule has 0 spiro atoms. The summed E-state index contributed by atoms with van der Waals surface area (Å²) in [7, 11) is 3.01. The van der Waals surface area contributed by atoms with Crippen molar-refractivity contribution in [3.63, 3.8) is 0 Å². The zero-order chi connectivity index (χ0) is 59.2. The van der Waals surface area contributed by atoms with Gasteiger partial charge in [0.1, 0.15) is 31.9 Å². The lowest BCUT2D eigenvalue weighted by Crippen LogP contribution is -2.53. The van der Waals surface area contributed by atoms with E-state index in [9.17, 15) is 33.6 Å². The number of carbonyl (C=O) groups excluding carboxylic acids is 6. The van der Waals surface area contributed by atoms with Crippen LogP contribution in [0, 0.1) is 5.92 Å². The summed E-state index contributed by atoms with van der Waals surface area (Å²) < 4.78 is 30.3. The summed E-state index contributed by atoms with van der Waals surface area (Å²) >= 11 is 0. The largest absolute Gasteiger partial charge is 0.493 e. The number of unbranched alkanes of at least 4 members (excludes halogenated alkanes) is 1. The van der Waals surface area contributed by atoms with Gasteiger partial charge in [-0.1, -0.05) is 80.6 Å². The summed E-state index contributed by atoms with van der Waals surface area (Å²) in [5.41, 5.74) is 7.69. The zero-order valence-corrected chi connectivity index (χ0v) is 47.2. The minimum Gasteiger partial charge on any atom is -0.493 e. The number of para-hydroxylation sites is 2. The third kappa shape index (κ3) is 12.5.